The second-order valence-electron chi connectivity index (χ2n) is 5.17. The minimum absolute atomic E-state index is 0.183. The van der Waals surface area contributed by atoms with Crippen LogP contribution in [0.4, 0.5) is 16.3 Å². The van der Waals surface area contributed by atoms with E-state index in [1.807, 2.05) is 42.5 Å². The zero-order valence-electron chi connectivity index (χ0n) is 12.6. The second-order valence-corrected chi connectivity index (χ2v) is 5.17. The van der Waals surface area contributed by atoms with Gasteiger partial charge in [0.25, 0.3) is 0 Å². The van der Waals surface area contributed by atoms with Crippen molar-refractivity contribution in [3.63, 3.8) is 0 Å². The molecule has 1 aliphatic heterocycles. The van der Waals surface area contributed by atoms with E-state index in [4.69, 9.17) is 4.74 Å². The molecule has 1 aromatic carbocycles. The maximum Gasteiger partial charge on any atom is 0.327 e. The van der Waals surface area contributed by atoms with E-state index < -0.39 is 0 Å². The third kappa shape index (κ3) is 3.03. The number of hydrogen-bond donors (Lipinski definition) is 1. The molecular formula is C17H19N3O2. The molecule has 5 nitrogen and oxygen atoms in total. The highest BCUT2D eigenvalue weighted by molar-refractivity contribution is 6.02. The lowest BCUT2D eigenvalue weighted by Crippen LogP contribution is -2.41. The summed E-state index contributed by atoms with van der Waals surface area (Å²) < 4.78 is 5.60. The summed E-state index contributed by atoms with van der Waals surface area (Å²) >= 11 is 0. The minimum atomic E-state index is -0.183. The van der Waals surface area contributed by atoms with E-state index in [2.05, 4.69) is 17.2 Å². The second kappa shape index (κ2) is 6.47. The Morgan fingerprint density at radius 1 is 1.27 bits per heavy atom. The van der Waals surface area contributed by atoms with E-state index in [1.165, 1.54) is 0 Å². The monoisotopic (exact) mass is 297 g/mol. The minimum Gasteiger partial charge on any atom is -0.488 e. The Bertz CT molecular complexity index is 658. The van der Waals surface area contributed by atoms with Crippen molar-refractivity contribution in [3.8, 4) is 5.75 Å². The van der Waals surface area contributed by atoms with Crippen LogP contribution in [0.1, 0.15) is 19.0 Å². The Morgan fingerprint density at radius 3 is 2.86 bits per heavy atom. The lowest BCUT2D eigenvalue weighted by atomic mass is 10.2. The number of hydrogen-bond acceptors (Lipinski definition) is 3. The van der Waals surface area contributed by atoms with E-state index in [9.17, 15) is 4.79 Å². The maximum absolute atomic E-state index is 12.5. The topological polar surface area (TPSA) is 54.5 Å². The van der Waals surface area contributed by atoms with Crippen molar-refractivity contribution in [1.29, 1.82) is 0 Å². The number of urea groups is 1. The van der Waals surface area contributed by atoms with Crippen molar-refractivity contribution in [2.75, 3.05) is 23.4 Å². The number of anilines is 2. The van der Waals surface area contributed by atoms with Gasteiger partial charge >= 0.3 is 6.03 Å². The molecule has 114 valence electrons. The number of nitrogens with one attached hydrogen (secondary N) is 1. The van der Waals surface area contributed by atoms with Gasteiger partial charge in [0.2, 0.25) is 0 Å². The normalized spacial score (nSPS) is 13.2. The lowest BCUT2D eigenvalue weighted by molar-refractivity contribution is 0.249. The first-order valence-electron chi connectivity index (χ1n) is 7.54. The zero-order chi connectivity index (χ0) is 15.4. The molecule has 0 bridgehead atoms. The van der Waals surface area contributed by atoms with Crippen molar-refractivity contribution in [2.45, 2.75) is 19.8 Å². The fraction of sp³-hybridized carbons (Fsp3) is 0.294. The van der Waals surface area contributed by atoms with Crippen LogP contribution >= 0.6 is 0 Å². The molecule has 1 aliphatic rings. The summed E-state index contributed by atoms with van der Waals surface area (Å²) in [5.74, 6) is 1.26. The standard InChI is InChI=1S/C17H19N3O2/c1-2-6-13-9-10-15-16(18-13)20(11-12-22-15)17(21)19-14-7-4-3-5-8-14/h3-5,7-10H,2,6,11-12H2,1H3,(H,19,21). The van der Waals surface area contributed by atoms with Gasteiger partial charge in [0.15, 0.2) is 11.6 Å². The predicted octanol–water partition coefficient (Wildman–Crippen LogP) is 3.47. The van der Waals surface area contributed by atoms with E-state index in [0.29, 0.717) is 24.7 Å². The highest BCUT2D eigenvalue weighted by atomic mass is 16.5. The van der Waals surface area contributed by atoms with Crippen molar-refractivity contribution in [1.82, 2.24) is 4.98 Å². The zero-order valence-corrected chi connectivity index (χ0v) is 12.6. The van der Waals surface area contributed by atoms with Crippen LogP contribution in [0.5, 0.6) is 5.75 Å². The fourth-order valence-electron chi connectivity index (χ4n) is 2.44. The summed E-state index contributed by atoms with van der Waals surface area (Å²) in [6.07, 6.45) is 1.91. The molecule has 3 rings (SSSR count). The van der Waals surface area contributed by atoms with Gasteiger partial charge < -0.3 is 10.1 Å². The van der Waals surface area contributed by atoms with Crippen molar-refractivity contribution in [3.05, 3.63) is 48.2 Å². The molecule has 0 unspecified atom stereocenters. The van der Waals surface area contributed by atoms with E-state index in [0.717, 1.165) is 24.2 Å². The molecule has 2 aromatic rings. The average molecular weight is 297 g/mol. The number of carbonyl (C=O) groups is 1. The number of para-hydroxylation sites is 1. The molecule has 0 saturated carbocycles. The Balaban J connectivity index is 1.83. The van der Waals surface area contributed by atoms with Crippen molar-refractivity contribution >= 4 is 17.5 Å². The van der Waals surface area contributed by atoms with Gasteiger partial charge in [-0.05, 0) is 30.7 Å². The molecule has 1 aromatic heterocycles. The van der Waals surface area contributed by atoms with Gasteiger partial charge in [0.05, 0.1) is 6.54 Å². The highest BCUT2D eigenvalue weighted by Crippen LogP contribution is 2.30. The molecule has 0 saturated heterocycles. The van der Waals surface area contributed by atoms with Gasteiger partial charge in [0.1, 0.15) is 6.61 Å². The van der Waals surface area contributed by atoms with Crippen LogP contribution in [0.2, 0.25) is 0 Å². The van der Waals surface area contributed by atoms with Crippen molar-refractivity contribution < 1.29 is 9.53 Å². The number of aryl methyl sites for hydroxylation is 1. The third-order valence-corrected chi connectivity index (χ3v) is 3.50. The molecule has 0 atom stereocenters. The van der Waals surface area contributed by atoms with Gasteiger partial charge in [-0.25, -0.2) is 9.78 Å². The van der Waals surface area contributed by atoms with Gasteiger partial charge in [-0.3, -0.25) is 4.90 Å². The first kappa shape index (κ1) is 14.4. The molecular weight excluding hydrogens is 278 g/mol. The van der Waals surface area contributed by atoms with E-state index >= 15 is 0 Å². The first-order valence-corrected chi connectivity index (χ1v) is 7.54. The number of nitrogens with zero attached hydrogens (tertiary/aromatic N) is 2. The van der Waals surface area contributed by atoms with Crippen LogP contribution in [-0.2, 0) is 6.42 Å². The molecule has 0 aliphatic carbocycles. The molecule has 0 fully saturated rings. The van der Waals surface area contributed by atoms with Crippen LogP contribution < -0.4 is 15.0 Å². The maximum atomic E-state index is 12.5. The quantitative estimate of drug-likeness (QED) is 0.944. The molecule has 2 amide bonds. The largest absolute Gasteiger partial charge is 0.488 e. The van der Waals surface area contributed by atoms with Gasteiger partial charge in [-0.15, -0.1) is 0 Å². The van der Waals surface area contributed by atoms with Crippen LogP contribution in [0, 0.1) is 0 Å². The molecule has 22 heavy (non-hydrogen) atoms. The SMILES string of the molecule is CCCc1ccc2c(n1)N(C(=O)Nc1ccccc1)CCO2. The number of pyridine rings is 1. The van der Waals surface area contributed by atoms with E-state index in [1.54, 1.807) is 4.90 Å². The molecule has 0 spiro atoms. The summed E-state index contributed by atoms with van der Waals surface area (Å²) in [5, 5.41) is 2.90. The number of ether oxygens (including phenoxy) is 1. The summed E-state index contributed by atoms with van der Waals surface area (Å²) in [5.41, 5.74) is 1.74. The van der Waals surface area contributed by atoms with Gasteiger partial charge in [0, 0.05) is 11.4 Å². The van der Waals surface area contributed by atoms with Crippen molar-refractivity contribution in [2.24, 2.45) is 0 Å². The number of rotatable bonds is 3. The summed E-state index contributed by atoms with van der Waals surface area (Å²) in [7, 11) is 0. The number of amides is 2. The first-order chi connectivity index (χ1) is 10.8. The molecule has 1 N–H and O–H groups in total. The average Bonchev–Trinajstić information content (AvgIpc) is 2.55. The molecule has 0 radical (unpaired) electrons. The van der Waals surface area contributed by atoms with Gasteiger partial charge in [-0.2, -0.15) is 0 Å². The Hall–Kier alpha value is -2.56. The number of benzene rings is 1. The smallest absolute Gasteiger partial charge is 0.327 e. The van der Waals surface area contributed by atoms with Gasteiger partial charge in [-0.1, -0.05) is 31.5 Å². The Kier molecular flexibility index (Phi) is 4.23. The summed E-state index contributed by atoms with van der Waals surface area (Å²) in [6, 6.07) is 13.1. The predicted molar refractivity (Wildman–Crippen MR) is 86.5 cm³/mol. The molecule has 5 heteroatoms. The Labute approximate surface area is 129 Å². The number of fused-ring (bicyclic) bond motifs is 1. The summed E-state index contributed by atoms with van der Waals surface area (Å²) in [4.78, 5) is 18.7. The van der Waals surface area contributed by atoms with Crippen LogP contribution in [0.25, 0.3) is 0 Å². The van der Waals surface area contributed by atoms with Crippen LogP contribution in [0.15, 0.2) is 42.5 Å². The van der Waals surface area contributed by atoms with Crippen LogP contribution in [0.3, 0.4) is 0 Å². The van der Waals surface area contributed by atoms with E-state index in [-0.39, 0.29) is 6.03 Å². The number of carbonyl (C=O) groups excluding carboxylic acids is 1. The highest BCUT2D eigenvalue weighted by Gasteiger charge is 2.25. The number of aromatic nitrogens is 1. The fourth-order valence-corrected chi connectivity index (χ4v) is 2.44. The van der Waals surface area contributed by atoms with Crippen LogP contribution in [-0.4, -0.2) is 24.2 Å². The third-order valence-electron chi connectivity index (χ3n) is 3.50. The Morgan fingerprint density at radius 2 is 2.09 bits per heavy atom. The molecule has 2 heterocycles. The lowest BCUT2D eigenvalue weighted by Gasteiger charge is -2.28. The summed E-state index contributed by atoms with van der Waals surface area (Å²) in [6.45, 7) is 3.08.